The summed E-state index contributed by atoms with van der Waals surface area (Å²) in [6, 6.07) is 3.94. The first-order chi connectivity index (χ1) is 17.0. The lowest BCUT2D eigenvalue weighted by Gasteiger charge is -2.12. The van der Waals surface area contributed by atoms with Crippen molar-refractivity contribution in [3.05, 3.63) is 76.3 Å². The van der Waals surface area contributed by atoms with E-state index in [0.717, 1.165) is 12.4 Å². The summed E-state index contributed by atoms with van der Waals surface area (Å²) in [5, 5.41) is 8.72. The van der Waals surface area contributed by atoms with E-state index in [9.17, 15) is 22.8 Å². The monoisotopic (exact) mass is 519 g/mol. The first-order valence-corrected chi connectivity index (χ1v) is 10.7. The van der Waals surface area contributed by atoms with Gasteiger partial charge in [0.2, 0.25) is 5.76 Å². The molecule has 0 saturated heterocycles. The van der Waals surface area contributed by atoms with Gasteiger partial charge < -0.3 is 20.1 Å². The summed E-state index contributed by atoms with van der Waals surface area (Å²) < 4.78 is 44.4. The molecule has 3 heterocycles. The minimum absolute atomic E-state index is 0.0197. The quantitative estimate of drug-likeness (QED) is 0.339. The molecule has 0 aliphatic rings. The van der Waals surface area contributed by atoms with Crippen LogP contribution in [0.1, 0.15) is 50.8 Å². The van der Waals surface area contributed by atoms with Crippen molar-refractivity contribution >= 4 is 29.1 Å². The highest BCUT2D eigenvalue weighted by atomic mass is 35.5. The fraction of sp³-hybridized carbons (Fsp3) is 0.182. The maximum Gasteiger partial charge on any atom is 0.416 e. The van der Waals surface area contributed by atoms with Crippen LogP contribution in [0.4, 0.5) is 18.9 Å². The van der Waals surface area contributed by atoms with Crippen LogP contribution in [0.2, 0.25) is 5.02 Å². The molecule has 0 aliphatic heterocycles. The molecule has 10 nitrogen and oxygen atoms in total. The minimum Gasteiger partial charge on any atom is -0.351 e. The summed E-state index contributed by atoms with van der Waals surface area (Å²) >= 11 is 6.29. The number of aryl methyl sites for hydroxylation is 1. The van der Waals surface area contributed by atoms with E-state index in [0.29, 0.717) is 5.82 Å². The van der Waals surface area contributed by atoms with Crippen molar-refractivity contribution in [1.82, 2.24) is 30.4 Å². The van der Waals surface area contributed by atoms with Gasteiger partial charge >= 0.3 is 6.18 Å². The Morgan fingerprint density at radius 2 is 1.92 bits per heavy atom. The number of aromatic amines is 1. The van der Waals surface area contributed by atoms with Gasteiger partial charge in [-0.05, 0) is 31.5 Å². The van der Waals surface area contributed by atoms with E-state index in [1.165, 1.54) is 31.3 Å². The molecule has 3 N–H and O–H groups in total. The highest BCUT2D eigenvalue weighted by Gasteiger charge is 2.32. The van der Waals surface area contributed by atoms with E-state index in [4.69, 9.17) is 16.1 Å². The smallest absolute Gasteiger partial charge is 0.351 e. The predicted octanol–water partition coefficient (Wildman–Crippen LogP) is 4.58. The second-order valence-corrected chi connectivity index (χ2v) is 7.99. The van der Waals surface area contributed by atoms with Crippen molar-refractivity contribution in [2.45, 2.75) is 26.1 Å². The van der Waals surface area contributed by atoms with Gasteiger partial charge in [0.15, 0.2) is 11.5 Å². The maximum atomic E-state index is 13.1. The summed E-state index contributed by atoms with van der Waals surface area (Å²) in [4.78, 5) is 40.1. The van der Waals surface area contributed by atoms with Gasteiger partial charge in [0, 0.05) is 24.1 Å². The number of rotatable bonds is 6. The highest BCUT2D eigenvalue weighted by molar-refractivity contribution is 6.35. The van der Waals surface area contributed by atoms with Gasteiger partial charge in [-0.1, -0.05) is 22.8 Å². The number of anilines is 1. The van der Waals surface area contributed by atoms with Gasteiger partial charge in [0.1, 0.15) is 22.7 Å². The summed E-state index contributed by atoms with van der Waals surface area (Å²) in [5.74, 6) is -1.37. The Labute approximate surface area is 206 Å². The Kier molecular flexibility index (Phi) is 6.75. The zero-order valence-corrected chi connectivity index (χ0v) is 19.4. The van der Waals surface area contributed by atoms with Crippen LogP contribution in [0.3, 0.4) is 0 Å². The van der Waals surface area contributed by atoms with Gasteiger partial charge in [0.05, 0.1) is 11.6 Å². The summed E-state index contributed by atoms with van der Waals surface area (Å²) in [6.45, 7) is 2.90. The summed E-state index contributed by atoms with van der Waals surface area (Å²) in [7, 11) is 0. The van der Waals surface area contributed by atoms with Gasteiger partial charge in [-0.25, -0.2) is 15.0 Å². The number of imidazole rings is 1. The number of hydrogen-bond acceptors (Lipinski definition) is 7. The van der Waals surface area contributed by atoms with E-state index in [-0.39, 0.29) is 39.1 Å². The molecule has 4 aromatic rings. The van der Waals surface area contributed by atoms with E-state index in [2.05, 4.69) is 35.7 Å². The van der Waals surface area contributed by atoms with Crippen molar-refractivity contribution in [3.8, 4) is 11.5 Å². The zero-order valence-electron chi connectivity index (χ0n) is 18.6. The molecular formula is C22H17ClF3N7O3. The van der Waals surface area contributed by atoms with Crippen LogP contribution in [0.25, 0.3) is 11.5 Å². The fourth-order valence-electron chi connectivity index (χ4n) is 3.22. The minimum atomic E-state index is -4.57. The SMILES string of the molecule is Cc1ccc(NC(=O)c2cc(C(C)NC(=O)c3ncnc(-c4ncc[nH]4)c3Cl)no2)cc1C(F)(F)F. The number of H-pyrrole nitrogens is 1. The van der Waals surface area contributed by atoms with Crippen molar-refractivity contribution < 1.29 is 27.3 Å². The number of carbonyl (C=O) groups excluding carboxylic acids is 2. The van der Waals surface area contributed by atoms with E-state index in [1.54, 1.807) is 13.1 Å². The average molecular weight is 520 g/mol. The Morgan fingerprint density at radius 3 is 2.61 bits per heavy atom. The Bertz CT molecular complexity index is 1420. The van der Waals surface area contributed by atoms with Crippen LogP contribution < -0.4 is 10.6 Å². The number of alkyl halides is 3. The normalized spacial score (nSPS) is 12.3. The third-order valence-corrected chi connectivity index (χ3v) is 5.43. The molecule has 0 fully saturated rings. The molecule has 0 saturated carbocycles. The molecule has 0 spiro atoms. The van der Waals surface area contributed by atoms with Gasteiger partial charge in [-0.3, -0.25) is 9.59 Å². The van der Waals surface area contributed by atoms with Crippen molar-refractivity contribution in [2.24, 2.45) is 0 Å². The Morgan fingerprint density at radius 1 is 1.14 bits per heavy atom. The summed E-state index contributed by atoms with van der Waals surface area (Å²) in [6.07, 6.45) is -0.329. The van der Waals surface area contributed by atoms with Crippen LogP contribution in [-0.4, -0.2) is 36.9 Å². The molecule has 1 atom stereocenters. The molecule has 4 rings (SSSR count). The molecule has 2 amide bonds. The summed E-state index contributed by atoms with van der Waals surface area (Å²) in [5.41, 5.74) is -0.598. The zero-order chi connectivity index (χ0) is 26.0. The average Bonchev–Trinajstić information content (AvgIpc) is 3.52. The maximum absolute atomic E-state index is 13.1. The van der Waals surface area contributed by atoms with Gasteiger partial charge in [-0.15, -0.1) is 0 Å². The number of benzene rings is 1. The number of halogens is 4. The predicted molar refractivity (Wildman–Crippen MR) is 121 cm³/mol. The van der Waals surface area contributed by atoms with Gasteiger partial charge in [-0.2, -0.15) is 13.2 Å². The lowest BCUT2D eigenvalue weighted by atomic mass is 10.1. The van der Waals surface area contributed by atoms with Gasteiger partial charge in [0.25, 0.3) is 11.8 Å². The number of nitrogens with one attached hydrogen (secondary N) is 3. The molecule has 36 heavy (non-hydrogen) atoms. The number of aromatic nitrogens is 5. The van der Waals surface area contributed by atoms with Crippen molar-refractivity contribution in [1.29, 1.82) is 0 Å². The van der Waals surface area contributed by atoms with Crippen LogP contribution in [0.15, 0.2) is 47.5 Å². The molecule has 0 radical (unpaired) electrons. The second kappa shape index (κ2) is 9.77. The van der Waals surface area contributed by atoms with E-state index >= 15 is 0 Å². The van der Waals surface area contributed by atoms with Crippen LogP contribution in [-0.2, 0) is 6.18 Å². The van der Waals surface area contributed by atoms with Crippen molar-refractivity contribution in [3.63, 3.8) is 0 Å². The Hall–Kier alpha value is -4.26. The first-order valence-electron chi connectivity index (χ1n) is 10.3. The standard InChI is InChI=1S/C22H17ClF3N7O3/c1-10-3-4-12(7-13(10)22(24,25)26)32-20(34)15-8-14(33-36-15)11(2)31-21(35)18-16(23)17(29-9-30-18)19-27-5-6-28-19/h3-9,11H,1-2H3,(H,27,28)(H,31,35)(H,32,34). The van der Waals surface area contributed by atoms with Crippen LogP contribution >= 0.6 is 11.6 Å². The Balaban J connectivity index is 1.45. The van der Waals surface area contributed by atoms with Crippen molar-refractivity contribution in [2.75, 3.05) is 5.32 Å². The first kappa shape index (κ1) is 24.9. The lowest BCUT2D eigenvalue weighted by molar-refractivity contribution is -0.138. The molecule has 14 heteroatoms. The highest BCUT2D eigenvalue weighted by Crippen LogP contribution is 2.33. The molecule has 1 unspecified atom stereocenters. The number of carbonyl (C=O) groups is 2. The fourth-order valence-corrected chi connectivity index (χ4v) is 3.50. The third-order valence-electron chi connectivity index (χ3n) is 5.07. The topological polar surface area (TPSA) is 139 Å². The molecule has 3 aromatic heterocycles. The number of hydrogen-bond donors (Lipinski definition) is 3. The molecule has 1 aromatic carbocycles. The van der Waals surface area contributed by atoms with E-state index in [1.807, 2.05) is 0 Å². The molecular weight excluding hydrogens is 503 g/mol. The number of nitrogens with zero attached hydrogens (tertiary/aromatic N) is 4. The molecule has 186 valence electrons. The van der Waals surface area contributed by atoms with Crippen LogP contribution in [0.5, 0.6) is 0 Å². The largest absolute Gasteiger partial charge is 0.416 e. The van der Waals surface area contributed by atoms with E-state index < -0.39 is 29.6 Å². The van der Waals surface area contributed by atoms with Crippen LogP contribution in [0, 0.1) is 6.92 Å². The lowest BCUT2D eigenvalue weighted by Crippen LogP contribution is -2.28. The third kappa shape index (κ3) is 5.20. The molecule has 0 aliphatic carbocycles. The second-order valence-electron chi connectivity index (χ2n) is 7.62. The molecule has 0 bridgehead atoms. The number of amides is 2.